The molecule has 0 radical (unpaired) electrons. The van der Waals surface area contributed by atoms with Crippen LogP contribution >= 0.6 is 34.8 Å². The Labute approximate surface area is 123 Å². The first-order valence-corrected chi connectivity index (χ1v) is 7.08. The van der Waals surface area contributed by atoms with Crippen LogP contribution in [-0.2, 0) is 11.3 Å². The molecule has 0 saturated carbocycles. The van der Waals surface area contributed by atoms with Crippen molar-refractivity contribution >= 4 is 40.7 Å². The molecule has 1 aromatic rings. The van der Waals surface area contributed by atoms with Crippen LogP contribution in [0.1, 0.15) is 24.8 Å². The molecule has 1 rings (SSSR count). The van der Waals surface area contributed by atoms with Gasteiger partial charge in [0.05, 0.1) is 10.0 Å². The Morgan fingerprint density at radius 2 is 2.00 bits per heavy atom. The van der Waals surface area contributed by atoms with Crippen LogP contribution < -0.4 is 0 Å². The number of amides is 1. The van der Waals surface area contributed by atoms with E-state index in [1.165, 1.54) is 0 Å². The van der Waals surface area contributed by atoms with Crippen molar-refractivity contribution in [2.45, 2.75) is 25.8 Å². The third-order valence-corrected chi connectivity index (χ3v) is 3.76. The molecule has 0 N–H and O–H groups in total. The Morgan fingerprint density at radius 1 is 1.28 bits per heavy atom. The van der Waals surface area contributed by atoms with E-state index in [0.29, 0.717) is 28.9 Å². The molecular formula is C13H16Cl3NO. The molecule has 0 aliphatic heterocycles. The summed E-state index contributed by atoms with van der Waals surface area (Å²) >= 11 is 17.6. The Hall–Kier alpha value is -0.440. The molecule has 18 heavy (non-hydrogen) atoms. The molecule has 0 atom stereocenters. The lowest BCUT2D eigenvalue weighted by Crippen LogP contribution is -2.26. The molecule has 0 aliphatic rings. The summed E-state index contributed by atoms with van der Waals surface area (Å²) in [5, 5.41) is 1.02. The Kier molecular flexibility index (Phi) is 6.83. The highest BCUT2D eigenvalue weighted by atomic mass is 35.5. The SMILES string of the molecule is CN(Cc1cccc(Cl)c1Cl)C(=O)CCCCCl. The maximum absolute atomic E-state index is 11.8. The molecule has 0 aromatic heterocycles. The number of benzene rings is 1. The number of hydrogen-bond donors (Lipinski definition) is 0. The summed E-state index contributed by atoms with van der Waals surface area (Å²) in [6, 6.07) is 5.43. The molecule has 5 heteroatoms. The summed E-state index contributed by atoms with van der Waals surface area (Å²) in [7, 11) is 1.76. The molecule has 1 amide bonds. The maximum Gasteiger partial charge on any atom is 0.222 e. The highest BCUT2D eigenvalue weighted by molar-refractivity contribution is 6.42. The van der Waals surface area contributed by atoms with Crippen molar-refractivity contribution in [1.29, 1.82) is 0 Å². The highest BCUT2D eigenvalue weighted by Gasteiger charge is 2.11. The van der Waals surface area contributed by atoms with Crippen molar-refractivity contribution < 1.29 is 4.79 Å². The topological polar surface area (TPSA) is 20.3 Å². The summed E-state index contributed by atoms with van der Waals surface area (Å²) in [6.07, 6.45) is 2.19. The van der Waals surface area contributed by atoms with Crippen LogP contribution in [0.25, 0.3) is 0 Å². The molecular weight excluding hydrogens is 293 g/mol. The van der Waals surface area contributed by atoms with Gasteiger partial charge in [0.1, 0.15) is 0 Å². The fourth-order valence-electron chi connectivity index (χ4n) is 1.58. The Balaban J connectivity index is 2.56. The van der Waals surface area contributed by atoms with Gasteiger partial charge in [0, 0.05) is 25.9 Å². The Morgan fingerprint density at radius 3 is 2.67 bits per heavy atom. The number of rotatable bonds is 6. The summed E-state index contributed by atoms with van der Waals surface area (Å²) in [4.78, 5) is 13.5. The van der Waals surface area contributed by atoms with E-state index in [2.05, 4.69) is 0 Å². The molecule has 0 saturated heterocycles. The van der Waals surface area contributed by atoms with Gasteiger partial charge in [-0.15, -0.1) is 11.6 Å². The van der Waals surface area contributed by atoms with E-state index in [-0.39, 0.29) is 5.91 Å². The van der Waals surface area contributed by atoms with E-state index in [9.17, 15) is 4.79 Å². The lowest BCUT2D eigenvalue weighted by Gasteiger charge is -2.18. The van der Waals surface area contributed by atoms with Crippen LogP contribution in [0.4, 0.5) is 0 Å². The minimum absolute atomic E-state index is 0.0937. The van der Waals surface area contributed by atoms with Gasteiger partial charge in [-0.25, -0.2) is 0 Å². The minimum Gasteiger partial charge on any atom is -0.341 e. The van der Waals surface area contributed by atoms with Crippen molar-refractivity contribution in [2.24, 2.45) is 0 Å². The van der Waals surface area contributed by atoms with Crippen molar-refractivity contribution in [1.82, 2.24) is 4.90 Å². The van der Waals surface area contributed by atoms with Gasteiger partial charge in [-0.1, -0.05) is 35.3 Å². The maximum atomic E-state index is 11.8. The zero-order chi connectivity index (χ0) is 13.5. The first kappa shape index (κ1) is 15.6. The molecule has 0 spiro atoms. The van der Waals surface area contributed by atoms with Gasteiger partial charge in [-0.2, -0.15) is 0 Å². The second kappa shape index (κ2) is 7.88. The van der Waals surface area contributed by atoms with Crippen LogP contribution in [0.5, 0.6) is 0 Å². The molecule has 0 aliphatic carbocycles. The number of carbonyl (C=O) groups excluding carboxylic acids is 1. The fourth-order valence-corrected chi connectivity index (χ4v) is 2.14. The van der Waals surface area contributed by atoms with Gasteiger partial charge in [-0.3, -0.25) is 4.79 Å². The number of hydrogen-bond acceptors (Lipinski definition) is 1. The fraction of sp³-hybridized carbons (Fsp3) is 0.462. The third-order valence-electron chi connectivity index (χ3n) is 2.64. The van der Waals surface area contributed by atoms with Gasteiger partial charge < -0.3 is 4.90 Å². The number of halogens is 3. The summed E-state index contributed by atoms with van der Waals surface area (Å²) < 4.78 is 0. The average Bonchev–Trinajstić information content (AvgIpc) is 2.35. The van der Waals surface area contributed by atoms with Gasteiger partial charge in [0.25, 0.3) is 0 Å². The van der Waals surface area contributed by atoms with Crippen LogP contribution in [0.15, 0.2) is 18.2 Å². The third kappa shape index (κ3) is 4.68. The summed E-state index contributed by atoms with van der Waals surface area (Å²) in [5.74, 6) is 0.688. The monoisotopic (exact) mass is 307 g/mol. The van der Waals surface area contributed by atoms with Crippen molar-refractivity contribution in [3.05, 3.63) is 33.8 Å². The first-order chi connectivity index (χ1) is 8.56. The van der Waals surface area contributed by atoms with E-state index in [1.54, 1.807) is 18.0 Å². The molecule has 0 fully saturated rings. The predicted molar refractivity (Wildman–Crippen MR) is 77.5 cm³/mol. The molecule has 0 bridgehead atoms. The van der Waals surface area contributed by atoms with Crippen LogP contribution in [-0.4, -0.2) is 23.7 Å². The molecule has 0 heterocycles. The number of alkyl halides is 1. The molecule has 100 valence electrons. The lowest BCUT2D eigenvalue weighted by molar-refractivity contribution is -0.130. The van der Waals surface area contributed by atoms with Gasteiger partial charge in [0.15, 0.2) is 0 Å². The second-order valence-corrected chi connectivity index (χ2v) is 5.27. The van der Waals surface area contributed by atoms with E-state index >= 15 is 0 Å². The minimum atomic E-state index is 0.0937. The lowest BCUT2D eigenvalue weighted by atomic mass is 10.2. The normalized spacial score (nSPS) is 10.4. The van der Waals surface area contributed by atoms with Gasteiger partial charge >= 0.3 is 0 Å². The molecule has 1 aromatic carbocycles. The van der Waals surface area contributed by atoms with E-state index < -0.39 is 0 Å². The van der Waals surface area contributed by atoms with E-state index in [0.717, 1.165) is 18.4 Å². The van der Waals surface area contributed by atoms with Crippen molar-refractivity contribution in [3.63, 3.8) is 0 Å². The smallest absolute Gasteiger partial charge is 0.222 e. The zero-order valence-corrected chi connectivity index (χ0v) is 12.5. The molecule has 0 unspecified atom stereocenters. The number of nitrogens with zero attached hydrogens (tertiary/aromatic N) is 1. The Bertz CT molecular complexity index is 409. The molecule has 2 nitrogen and oxygen atoms in total. The van der Waals surface area contributed by atoms with E-state index in [4.69, 9.17) is 34.8 Å². The van der Waals surface area contributed by atoms with Gasteiger partial charge in [0.2, 0.25) is 5.91 Å². The average molecular weight is 309 g/mol. The summed E-state index contributed by atoms with van der Waals surface area (Å²) in [6.45, 7) is 0.471. The largest absolute Gasteiger partial charge is 0.341 e. The van der Waals surface area contributed by atoms with Crippen LogP contribution in [0.3, 0.4) is 0 Å². The predicted octanol–water partition coefficient (Wildman–Crippen LogP) is 4.36. The standard InChI is InChI=1S/C13H16Cl3NO/c1-17(12(18)7-2-3-8-14)9-10-5-4-6-11(15)13(10)16/h4-6H,2-3,7-9H2,1H3. The zero-order valence-electron chi connectivity index (χ0n) is 10.3. The first-order valence-electron chi connectivity index (χ1n) is 5.79. The van der Waals surface area contributed by atoms with Crippen molar-refractivity contribution in [3.8, 4) is 0 Å². The summed E-state index contributed by atoms with van der Waals surface area (Å²) in [5.41, 5.74) is 0.859. The van der Waals surface area contributed by atoms with Gasteiger partial charge in [-0.05, 0) is 24.5 Å². The van der Waals surface area contributed by atoms with E-state index in [1.807, 2.05) is 12.1 Å². The quantitative estimate of drug-likeness (QED) is 0.565. The highest BCUT2D eigenvalue weighted by Crippen LogP contribution is 2.26. The second-order valence-electron chi connectivity index (χ2n) is 4.11. The van der Waals surface area contributed by atoms with Crippen LogP contribution in [0, 0.1) is 0 Å². The number of unbranched alkanes of at least 4 members (excludes halogenated alkanes) is 1. The van der Waals surface area contributed by atoms with Crippen LogP contribution in [0.2, 0.25) is 10.0 Å². The van der Waals surface area contributed by atoms with Crippen molar-refractivity contribution in [2.75, 3.05) is 12.9 Å². The number of carbonyl (C=O) groups is 1.